The lowest BCUT2D eigenvalue weighted by atomic mass is 9.73. The Bertz CT molecular complexity index is 760. The van der Waals surface area contributed by atoms with Gasteiger partial charge in [-0.25, -0.2) is 4.79 Å². The van der Waals surface area contributed by atoms with Crippen LogP contribution in [0.15, 0.2) is 30.3 Å². The van der Waals surface area contributed by atoms with Gasteiger partial charge in [0.05, 0.1) is 12.0 Å². The second kappa shape index (κ2) is 9.60. The zero-order valence-corrected chi connectivity index (χ0v) is 17.5. The van der Waals surface area contributed by atoms with Gasteiger partial charge in [0.25, 0.3) is 0 Å². The molecule has 30 heavy (non-hydrogen) atoms. The molecule has 1 heterocycles. The van der Waals surface area contributed by atoms with E-state index in [1.165, 1.54) is 11.3 Å². The maximum Gasteiger partial charge on any atom is 0.326 e. The Morgan fingerprint density at radius 2 is 1.80 bits per heavy atom. The van der Waals surface area contributed by atoms with E-state index in [-0.39, 0.29) is 17.9 Å². The van der Waals surface area contributed by atoms with E-state index in [0.29, 0.717) is 19.4 Å². The second-order valence-electron chi connectivity index (χ2n) is 8.94. The summed E-state index contributed by atoms with van der Waals surface area (Å²) in [7, 11) is 0. The van der Waals surface area contributed by atoms with E-state index in [1.54, 1.807) is 6.92 Å². The molecule has 7 heteroatoms. The number of aliphatic carboxylic acids is 2. The molecule has 3 atom stereocenters. The van der Waals surface area contributed by atoms with Crippen LogP contribution in [0, 0.1) is 11.3 Å². The quantitative estimate of drug-likeness (QED) is 0.601. The summed E-state index contributed by atoms with van der Waals surface area (Å²) in [6.07, 6.45) is 6.18. The van der Waals surface area contributed by atoms with E-state index in [1.807, 2.05) is 30.3 Å². The van der Waals surface area contributed by atoms with E-state index >= 15 is 0 Å². The van der Waals surface area contributed by atoms with Crippen LogP contribution < -0.4 is 5.32 Å². The molecule has 0 aromatic heterocycles. The molecule has 1 aromatic rings. The van der Waals surface area contributed by atoms with Crippen LogP contribution in [-0.4, -0.2) is 58.1 Å². The fraction of sp³-hybridized carbons (Fsp3) is 0.609. The number of amides is 1. The molecular formula is C23H32N2O5. The van der Waals surface area contributed by atoms with Gasteiger partial charge in [0.2, 0.25) is 5.91 Å². The maximum absolute atomic E-state index is 13.1. The smallest absolute Gasteiger partial charge is 0.326 e. The minimum Gasteiger partial charge on any atom is -0.481 e. The third-order valence-corrected chi connectivity index (χ3v) is 6.71. The van der Waals surface area contributed by atoms with Crippen molar-refractivity contribution in [3.05, 3.63) is 35.9 Å². The van der Waals surface area contributed by atoms with Crippen molar-refractivity contribution >= 4 is 17.8 Å². The average molecular weight is 417 g/mol. The standard InChI is InChI=1S/C23H32N2O5/c1-16(24-14-18(21(27)28)12-17-8-4-2-5-9-17)20(26)25-15-23(10-6-3-7-11-23)13-19(25)22(29)30/h2,4-5,8-9,16,18-19,24H,3,6-7,10-15H2,1H3,(H,27,28)(H,29,30). The molecule has 1 spiro atoms. The lowest BCUT2D eigenvalue weighted by Crippen LogP contribution is -2.50. The van der Waals surface area contributed by atoms with Gasteiger partial charge in [0, 0.05) is 13.1 Å². The number of carboxylic acids is 2. The van der Waals surface area contributed by atoms with Crippen LogP contribution in [0.2, 0.25) is 0 Å². The molecule has 2 fully saturated rings. The molecule has 3 N–H and O–H groups in total. The number of hydrogen-bond donors (Lipinski definition) is 3. The van der Waals surface area contributed by atoms with Crippen molar-refractivity contribution in [2.75, 3.05) is 13.1 Å². The van der Waals surface area contributed by atoms with Crippen LogP contribution in [0.25, 0.3) is 0 Å². The summed E-state index contributed by atoms with van der Waals surface area (Å²) in [6.45, 7) is 2.32. The molecule has 1 aliphatic carbocycles. The minimum atomic E-state index is -0.953. The van der Waals surface area contributed by atoms with Gasteiger partial charge in [-0.3, -0.25) is 9.59 Å². The molecule has 1 aliphatic heterocycles. The summed E-state index contributed by atoms with van der Waals surface area (Å²) < 4.78 is 0. The molecule has 1 saturated carbocycles. The molecule has 1 saturated heterocycles. The lowest BCUT2D eigenvalue weighted by Gasteiger charge is -2.33. The number of hydrogen-bond acceptors (Lipinski definition) is 4. The van der Waals surface area contributed by atoms with Crippen LogP contribution in [0.1, 0.15) is 51.0 Å². The Labute approximate surface area is 177 Å². The number of carboxylic acid groups (broad SMARTS) is 2. The topological polar surface area (TPSA) is 107 Å². The number of likely N-dealkylation sites (tertiary alicyclic amines) is 1. The maximum atomic E-state index is 13.1. The Morgan fingerprint density at radius 3 is 2.40 bits per heavy atom. The highest BCUT2D eigenvalue weighted by Crippen LogP contribution is 2.46. The Hall–Kier alpha value is -2.41. The minimum absolute atomic E-state index is 0.0758. The number of rotatable bonds is 8. The second-order valence-corrected chi connectivity index (χ2v) is 8.94. The van der Waals surface area contributed by atoms with Gasteiger partial charge in [-0.1, -0.05) is 49.6 Å². The number of carbonyl (C=O) groups is 3. The third kappa shape index (κ3) is 5.19. The summed E-state index contributed by atoms with van der Waals surface area (Å²) >= 11 is 0. The van der Waals surface area contributed by atoms with Crippen molar-refractivity contribution in [3.8, 4) is 0 Å². The number of benzene rings is 1. The first-order valence-electron chi connectivity index (χ1n) is 10.8. The van der Waals surface area contributed by atoms with Crippen molar-refractivity contribution in [2.24, 2.45) is 11.3 Å². The fourth-order valence-corrected chi connectivity index (χ4v) is 4.97. The highest BCUT2D eigenvalue weighted by atomic mass is 16.4. The van der Waals surface area contributed by atoms with Gasteiger partial charge in [0.15, 0.2) is 0 Å². The van der Waals surface area contributed by atoms with Crippen molar-refractivity contribution in [1.29, 1.82) is 0 Å². The number of carbonyl (C=O) groups excluding carboxylic acids is 1. The van der Waals surface area contributed by atoms with Crippen molar-refractivity contribution in [3.63, 3.8) is 0 Å². The predicted molar refractivity (Wildman–Crippen MR) is 112 cm³/mol. The summed E-state index contributed by atoms with van der Waals surface area (Å²) in [5.41, 5.74) is 0.851. The molecule has 3 unspecified atom stereocenters. The third-order valence-electron chi connectivity index (χ3n) is 6.71. The van der Waals surface area contributed by atoms with Gasteiger partial charge >= 0.3 is 11.9 Å². The SMILES string of the molecule is CC(NCC(Cc1ccccc1)C(=O)O)C(=O)N1CC2(CCCCC2)CC1C(=O)O. The summed E-state index contributed by atoms with van der Waals surface area (Å²) in [4.78, 5) is 38.1. The first kappa shape index (κ1) is 22.3. The van der Waals surface area contributed by atoms with Gasteiger partial charge in [-0.2, -0.15) is 0 Å². The van der Waals surface area contributed by atoms with E-state index in [2.05, 4.69) is 5.32 Å². The summed E-state index contributed by atoms with van der Waals surface area (Å²) in [5.74, 6) is -2.79. The van der Waals surface area contributed by atoms with Crippen molar-refractivity contribution in [2.45, 2.75) is 64.0 Å². The molecule has 7 nitrogen and oxygen atoms in total. The Kier molecular flexibility index (Phi) is 7.13. The fourth-order valence-electron chi connectivity index (χ4n) is 4.97. The predicted octanol–water partition coefficient (Wildman–Crippen LogP) is 2.54. The van der Waals surface area contributed by atoms with Crippen molar-refractivity contribution < 1.29 is 24.6 Å². The van der Waals surface area contributed by atoms with E-state index < -0.39 is 29.9 Å². The number of nitrogens with zero attached hydrogens (tertiary/aromatic N) is 1. The van der Waals surface area contributed by atoms with Crippen molar-refractivity contribution in [1.82, 2.24) is 10.2 Å². The summed E-state index contributed by atoms with van der Waals surface area (Å²) in [5, 5.41) is 22.3. The highest BCUT2D eigenvalue weighted by Gasteiger charge is 2.49. The molecule has 164 valence electrons. The highest BCUT2D eigenvalue weighted by molar-refractivity contribution is 5.87. The molecule has 0 bridgehead atoms. The van der Waals surface area contributed by atoms with E-state index in [0.717, 1.165) is 31.2 Å². The monoisotopic (exact) mass is 416 g/mol. The van der Waals surface area contributed by atoms with Crippen LogP contribution in [-0.2, 0) is 20.8 Å². The molecule has 3 rings (SSSR count). The van der Waals surface area contributed by atoms with E-state index in [4.69, 9.17) is 0 Å². The molecule has 1 aromatic carbocycles. The lowest BCUT2D eigenvalue weighted by molar-refractivity contribution is -0.149. The number of nitrogens with one attached hydrogen (secondary N) is 1. The largest absolute Gasteiger partial charge is 0.481 e. The van der Waals surface area contributed by atoms with Crippen LogP contribution in [0.4, 0.5) is 0 Å². The van der Waals surface area contributed by atoms with Gasteiger partial charge < -0.3 is 20.4 Å². The average Bonchev–Trinajstić information content (AvgIpc) is 3.10. The van der Waals surface area contributed by atoms with Crippen LogP contribution >= 0.6 is 0 Å². The Balaban J connectivity index is 1.62. The van der Waals surface area contributed by atoms with Gasteiger partial charge in [-0.15, -0.1) is 0 Å². The molecular weight excluding hydrogens is 384 g/mol. The molecule has 2 aliphatic rings. The first-order valence-corrected chi connectivity index (χ1v) is 10.8. The van der Waals surface area contributed by atoms with Crippen LogP contribution in [0.5, 0.6) is 0 Å². The summed E-state index contributed by atoms with van der Waals surface area (Å²) in [6, 6.07) is 7.96. The van der Waals surface area contributed by atoms with Crippen LogP contribution in [0.3, 0.4) is 0 Å². The first-order chi connectivity index (χ1) is 14.3. The van der Waals surface area contributed by atoms with E-state index in [9.17, 15) is 24.6 Å². The molecule has 1 amide bonds. The molecule has 0 radical (unpaired) electrons. The normalized spacial score (nSPS) is 22.6. The Morgan fingerprint density at radius 1 is 1.13 bits per heavy atom. The zero-order valence-electron chi connectivity index (χ0n) is 17.5. The zero-order chi connectivity index (χ0) is 21.7. The van der Waals surface area contributed by atoms with Gasteiger partial charge in [-0.05, 0) is 43.6 Å². The van der Waals surface area contributed by atoms with Gasteiger partial charge in [0.1, 0.15) is 6.04 Å².